The lowest BCUT2D eigenvalue weighted by Gasteiger charge is -2.35. The second-order valence-electron chi connectivity index (χ2n) is 7.16. The van der Waals surface area contributed by atoms with E-state index in [2.05, 4.69) is 15.6 Å². The predicted molar refractivity (Wildman–Crippen MR) is 102 cm³/mol. The van der Waals surface area contributed by atoms with Crippen LogP contribution in [0.5, 0.6) is 0 Å². The number of nitrogens with one attached hydrogen (secondary N) is 1. The van der Waals surface area contributed by atoms with E-state index in [0.717, 1.165) is 15.8 Å². The topological polar surface area (TPSA) is 152 Å². The summed E-state index contributed by atoms with van der Waals surface area (Å²) in [6.45, 7) is 0. The minimum atomic E-state index is -1.28. The number of nitrogens with zero attached hydrogens (tertiary/aromatic N) is 4. The SMILES string of the molecule is O=C1CCC(N2C(=O)c3cccc4ccc(-n5cc(C(=O)O)nn5)c(c34)C2=O)C(=O)N1. The Labute approximate surface area is 173 Å². The van der Waals surface area contributed by atoms with E-state index in [0.29, 0.717) is 10.8 Å². The molecule has 0 spiro atoms. The summed E-state index contributed by atoms with van der Waals surface area (Å²) in [4.78, 5) is 62.7. The molecule has 1 aromatic heterocycles. The lowest BCUT2D eigenvalue weighted by Crippen LogP contribution is -2.57. The maximum Gasteiger partial charge on any atom is 0.358 e. The molecule has 0 saturated carbocycles. The Bertz CT molecular complexity index is 1340. The minimum absolute atomic E-state index is 0.00276. The van der Waals surface area contributed by atoms with Crippen LogP contribution in [-0.2, 0) is 9.59 Å². The van der Waals surface area contributed by atoms with Crippen molar-refractivity contribution < 1.29 is 29.1 Å². The Morgan fingerprint density at radius 1 is 1.10 bits per heavy atom. The van der Waals surface area contributed by atoms with Crippen molar-refractivity contribution in [3.63, 3.8) is 0 Å². The van der Waals surface area contributed by atoms with Crippen molar-refractivity contribution in [3.05, 3.63) is 53.3 Å². The third kappa shape index (κ3) is 2.70. The fourth-order valence-electron chi connectivity index (χ4n) is 3.99. The third-order valence-electron chi connectivity index (χ3n) is 5.39. The Balaban J connectivity index is 1.72. The molecule has 1 saturated heterocycles. The van der Waals surface area contributed by atoms with Crippen LogP contribution < -0.4 is 5.32 Å². The van der Waals surface area contributed by atoms with Gasteiger partial charge in [0, 0.05) is 17.4 Å². The normalized spacial score (nSPS) is 18.5. The van der Waals surface area contributed by atoms with Gasteiger partial charge in [-0.05, 0) is 23.9 Å². The van der Waals surface area contributed by atoms with Crippen molar-refractivity contribution in [1.82, 2.24) is 25.2 Å². The van der Waals surface area contributed by atoms with E-state index in [1.54, 1.807) is 30.3 Å². The van der Waals surface area contributed by atoms with E-state index in [9.17, 15) is 24.0 Å². The number of carboxylic acid groups (broad SMARTS) is 1. The average Bonchev–Trinajstić information content (AvgIpc) is 3.23. The molecule has 3 heterocycles. The molecule has 0 radical (unpaired) electrons. The first-order valence-corrected chi connectivity index (χ1v) is 9.30. The number of imide groups is 2. The maximum atomic E-state index is 13.5. The Kier molecular flexibility index (Phi) is 3.93. The Morgan fingerprint density at radius 2 is 1.90 bits per heavy atom. The summed E-state index contributed by atoms with van der Waals surface area (Å²) in [5, 5.41) is 19.7. The van der Waals surface area contributed by atoms with E-state index in [1.165, 1.54) is 0 Å². The molecule has 2 aliphatic heterocycles. The zero-order valence-electron chi connectivity index (χ0n) is 15.7. The number of piperidine rings is 1. The summed E-state index contributed by atoms with van der Waals surface area (Å²) in [7, 11) is 0. The number of hydrogen-bond donors (Lipinski definition) is 2. The number of hydrogen-bond acceptors (Lipinski definition) is 7. The molecule has 1 unspecified atom stereocenters. The average molecular weight is 419 g/mol. The number of rotatable bonds is 3. The van der Waals surface area contributed by atoms with Gasteiger partial charge in [-0.15, -0.1) is 5.10 Å². The summed E-state index contributed by atoms with van der Waals surface area (Å²) in [5.41, 5.74) is 0.216. The molecule has 0 bridgehead atoms. The van der Waals surface area contributed by atoms with Crippen LogP contribution in [0.2, 0.25) is 0 Å². The van der Waals surface area contributed by atoms with Crippen LogP contribution in [0.25, 0.3) is 16.5 Å². The van der Waals surface area contributed by atoms with Gasteiger partial charge in [-0.2, -0.15) is 0 Å². The van der Waals surface area contributed by atoms with Crippen molar-refractivity contribution in [2.24, 2.45) is 0 Å². The zero-order valence-corrected chi connectivity index (χ0v) is 15.7. The molecule has 0 aliphatic carbocycles. The number of carbonyl (C=O) groups is 5. The number of carbonyl (C=O) groups excluding carboxylic acids is 4. The highest BCUT2D eigenvalue weighted by Gasteiger charge is 2.43. The highest BCUT2D eigenvalue weighted by atomic mass is 16.4. The van der Waals surface area contributed by atoms with Crippen molar-refractivity contribution in [2.75, 3.05) is 0 Å². The van der Waals surface area contributed by atoms with Gasteiger partial charge >= 0.3 is 5.97 Å². The van der Waals surface area contributed by atoms with E-state index >= 15 is 0 Å². The molecule has 2 aliphatic rings. The number of aromatic nitrogens is 3. The summed E-state index contributed by atoms with van der Waals surface area (Å²) in [6, 6.07) is 7.06. The highest BCUT2D eigenvalue weighted by molar-refractivity contribution is 6.28. The van der Waals surface area contributed by atoms with Gasteiger partial charge < -0.3 is 5.11 Å². The van der Waals surface area contributed by atoms with E-state index in [4.69, 9.17) is 5.11 Å². The fourth-order valence-corrected chi connectivity index (χ4v) is 3.99. The third-order valence-corrected chi connectivity index (χ3v) is 5.39. The monoisotopic (exact) mass is 419 g/mol. The van der Waals surface area contributed by atoms with Crippen LogP contribution >= 0.6 is 0 Å². The zero-order chi connectivity index (χ0) is 21.9. The molecule has 1 atom stereocenters. The van der Waals surface area contributed by atoms with Gasteiger partial charge in [-0.3, -0.25) is 29.4 Å². The lowest BCUT2D eigenvalue weighted by atomic mass is 9.90. The van der Waals surface area contributed by atoms with Crippen LogP contribution in [0.3, 0.4) is 0 Å². The van der Waals surface area contributed by atoms with Gasteiger partial charge in [-0.25, -0.2) is 9.48 Å². The van der Waals surface area contributed by atoms with Crippen LogP contribution in [0.4, 0.5) is 0 Å². The standard InChI is InChI=1S/C20H13N5O6/c26-14-7-6-13(17(27)21-14)25-18(28)10-3-1-2-9-4-5-12(16(15(9)10)19(25)29)24-8-11(20(30)31)22-23-24/h1-5,8,13H,6-7H2,(H,30,31)(H,21,26,27). The van der Waals surface area contributed by atoms with Crippen LogP contribution in [0, 0.1) is 0 Å². The second-order valence-corrected chi connectivity index (χ2v) is 7.16. The molecule has 2 aromatic carbocycles. The van der Waals surface area contributed by atoms with Crippen molar-refractivity contribution >= 4 is 40.4 Å². The van der Waals surface area contributed by atoms with Gasteiger partial charge in [-0.1, -0.05) is 23.4 Å². The van der Waals surface area contributed by atoms with Crippen LogP contribution in [0.1, 0.15) is 44.0 Å². The molecular formula is C20H13N5O6. The molecule has 1 fully saturated rings. The summed E-state index contributed by atoms with van der Waals surface area (Å²) in [6.07, 6.45) is 1.17. The molecule has 11 heteroatoms. The van der Waals surface area contributed by atoms with Gasteiger partial charge in [0.25, 0.3) is 11.8 Å². The molecule has 5 rings (SSSR count). The van der Waals surface area contributed by atoms with Gasteiger partial charge in [0.05, 0.1) is 17.4 Å². The fraction of sp³-hybridized carbons (Fsp3) is 0.150. The Morgan fingerprint density at radius 3 is 2.61 bits per heavy atom. The quantitative estimate of drug-likeness (QED) is 0.583. The van der Waals surface area contributed by atoms with Crippen molar-refractivity contribution in [3.8, 4) is 5.69 Å². The number of benzene rings is 2. The Hall–Kier alpha value is -4.41. The van der Waals surface area contributed by atoms with E-state index in [-0.39, 0.29) is 35.3 Å². The smallest absolute Gasteiger partial charge is 0.358 e. The molecule has 11 nitrogen and oxygen atoms in total. The summed E-state index contributed by atoms with van der Waals surface area (Å²) < 4.78 is 1.14. The number of amides is 4. The van der Waals surface area contributed by atoms with Crippen molar-refractivity contribution in [2.45, 2.75) is 18.9 Å². The first kappa shape index (κ1) is 18.6. The summed E-state index contributed by atoms with van der Waals surface area (Å²) >= 11 is 0. The molecule has 154 valence electrons. The largest absolute Gasteiger partial charge is 0.476 e. The van der Waals surface area contributed by atoms with Crippen molar-refractivity contribution in [1.29, 1.82) is 0 Å². The molecule has 4 amide bonds. The van der Waals surface area contributed by atoms with Gasteiger partial charge in [0.1, 0.15) is 6.04 Å². The molecule has 3 aromatic rings. The van der Waals surface area contributed by atoms with Crippen LogP contribution in [-0.4, -0.2) is 60.6 Å². The molecular weight excluding hydrogens is 406 g/mol. The number of carboxylic acids is 1. The van der Waals surface area contributed by atoms with E-state index < -0.39 is 35.6 Å². The van der Waals surface area contributed by atoms with E-state index in [1.807, 2.05) is 0 Å². The molecule has 2 N–H and O–H groups in total. The highest BCUT2D eigenvalue weighted by Crippen LogP contribution is 2.35. The first-order chi connectivity index (χ1) is 14.9. The summed E-state index contributed by atoms with van der Waals surface area (Å²) in [5.74, 6) is -3.84. The lowest BCUT2D eigenvalue weighted by molar-refractivity contribution is -0.136. The maximum absolute atomic E-state index is 13.5. The first-order valence-electron chi connectivity index (χ1n) is 9.30. The molecule has 31 heavy (non-hydrogen) atoms. The number of aromatic carboxylic acids is 1. The van der Waals surface area contributed by atoms with Gasteiger partial charge in [0.2, 0.25) is 11.8 Å². The minimum Gasteiger partial charge on any atom is -0.476 e. The second kappa shape index (κ2) is 6.55. The predicted octanol–water partition coefficient (Wildman–Crippen LogP) is 0.520. The van der Waals surface area contributed by atoms with Crippen LogP contribution in [0.15, 0.2) is 36.5 Å². The van der Waals surface area contributed by atoms with Gasteiger partial charge in [0.15, 0.2) is 5.69 Å².